The molecule has 0 aliphatic carbocycles. The third-order valence-electron chi connectivity index (χ3n) is 5.70. The number of aromatic nitrogens is 1. The van der Waals surface area contributed by atoms with Crippen molar-refractivity contribution in [3.8, 4) is 28.1 Å². The molecule has 1 amide bonds. The van der Waals surface area contributed by atoms with E-state index in [9.17, 15) is 14.9 Å². The van der Waals surface area contributed by atoms with Crippen LogP contribution in [0.2, 0.25) is 0 Å². The zero-order valence-electron chi connectivity index (χ0n) is 19.1. The zero-order chi connectivity index (χ0) is 25.2. The number of benzene rings is 3. The number of carbonyl (C=O) groups excluding carboxylic acids is 1. The number of thiophene rings is 1. The summed E-state index contributed by atoms with van der Waals surface area (Å²) >= 11 is 1.19. The van der Waals surface area contributed by atoms with Gasteiger partial charge in [0.05, 0.1) is 35.2 Å². The molecule has 0 atom stereocenters. The van der Waals surface area contributed by atoms with E-state index in [-0.39, 0.29) is 11.4 Å². The fraction of sp³-hybridized carbons (Fsp3) is 0.0370. The smallest absolute Gasteiger partial charge is 0.273 e. The van der Waals surface area contributed by atoms with Crippen LogP contribution in [0.15, 0.2) is 84.9 Å². The number of hydrogen-bond donors (Lipinski definition) is 2. The molecule has 2 heterocycles. The molecule has 0 fully saturated rings. The van der Waals surface area contributed by atoms with Crippen molar-refractivity contribution in [3.05, 3.63) is 99.9 Å². The van der Waals surface area contributed by atoms with Crippen LogP contribution >= 0.6 is 11.3 Å². The number of anilines is 2. The molecular formula is C27H20N4O4S. The molecule has 0 aliphatic heterocycles. The molecule has 0 aliphatic rings. The summed E-state index contributed by atoms with van der Waals surface area (Å²) in [6, 6.07) is 25.6. The van der Waals surface area contributed by atoms with Crippen LogP contribution in [0.5, 0.6) is 5.75 Å². The molecular weight excluding hydrogens is 476 g/mol. The van der Waals surface area contributed by atoms with Crippen LogP contribution in [0.3, 0.4) is 0 Å². The first-order valence-electron chi connectivity index (χ1n) is 10.9. The molecule has 0 saturated heterocycles. The van der Waals surface area contributed by atoms with Gasteiger partial charge in [-0.2, -0.15) is 0 Å². The van der Waals surface area contributed by atoms with Gasteiger partial charge in [0.2, 0.25) is 0 Å². The number of ether oxygens (including phenoxy) is 1. The van der Waals surface area contributed by atoms with Crippen LogP contribution in [-0.2, 0) is 0 Å². The number of hydrogen-bond acceptors (Lipinski definition) is 7. The van der Waals surface area contributed by atoms with Crippen LogP contribution in [0.25, 0.3) is 32.6 Å². The average molecular weight is 497 g/mol. The number of nitrogens with one attached hydrogen (secondary N) is 1. The molecule has 5 rings (SSSR count). The van der Waals surface area contributed by atoms with Crippen molar-refractivity contribution in [3.63, 3.8) is 0 Å². The molecule has 0 saturated carbocycles. The lowest BCUT2D eigenvalue weighted by Gasteiger charge is -2.10. The summed E-state index contributed by atoms with van der Waals surface area (Å²) in [5.74, 6) is -0.283. The summed E-state index contributed by atoms with van der Waals surface area (Å²) in [7, 11) is 1.38. The average Bonchev–Trinajstić information content (AvgIpc) is 3.25. The third-order valence-corrected chi connectivity index (χ3v) is 6.80. The molecule has 36 heavy (non-hydrogen) atoms. The van der Waals surface area contributed by atoms with Crippen LogP contribution in [0, 0.1) is 10.1 Å². The number of nitrogens with zero attached hydrogens (tertiary/aromatic N) is 2. The van der Waals surface area contributed by atoms with Gasteiger partial charge in [0.15, 0.2) is 0 Å². The fourth-order valence-electron chi connectivity index (χ4n) is 3.97. The second-order valence-corrected chi connectivity index (χ2v) is 8.91. The first-order chi connectivity index (χ1) is 17.5. The van der Waals surface area contributed by atoms with Crippen molar-refractivity contribution >= 4 is 44.5 Å². The predicted molar refractivity (Wildman–Crippen MR) is 143 cm³/mol. The summed E-state index contributed by atoms with van der Waals surface area (Å²) in [5, 5.41) is 14.6. The Morgan fingerprint density at radius 1 is 1.00 bits per heavy atom. The van der Waals surface area contributed by atoms with Gasteiger partial charge in [-0.1, -0.05) is 60.7 Å². The van der Waals surface area contributed by atoms with Gasteiger partial charge >= 0.3 is 0 Å². The van der Waals surface area contributed by atoms with Gasteiger partial charge in [-0.15, -0.1) is 11.3 Å². The maximum atomic E-state index is 13.3. The highest BCUT2D eigenvalue weighted by Gasteiger charge is 2.23. The molecule has 0 spiro atoms. The monoisotopic (exact) mass is 496 g/mol. The minimum Gasteiger partial charge on any atom is -0.494 e. The van der Waals surface area contributed by atoms with E-state index in [2.05, 4.69) is 5.32 Å². The quantitative estimate of drug-likeness (QED) is 0.208. The second-order valence-electron chi connectivity index (χ2n) is 7.91. The van der Waals surface area contributed by atoms with Crippen LogP contribution in [0.4, 0.5) is 17.1 Å². The molecule has 0 bridgehead atoms. The third kappa shape index (κ3) is 4.23. The fourth-order valence-corrected chi connectivity index (χ4v) is 4.98. The van der Waals surface area contributed by atoms with E-state index < -0.39 is 10.8 Å². The molecule has 0 radical (unpaired) electrons. The normalized spacial score (nSPS) is 10.8. The second kappa shape index (κ2) is 9.47. The lowest BCUT2D eigenvalue weighted by atomic mass is 9.99. The van der Waals surface area contributed by atoms with Crippen LogP contribution in [0.1, 0.15) is 9.67 Å². The molecule has 9 heteroatoms. The summed E-state index contributed by atoms with van der Waals surface area (Å²) in [4.78, 5) is 29.6. The standard InChI is InChI=1S/C27H20N4O4S/c1-35-22-14-18(31(33)34)12-13-20(22)29-26(32)25-24(28)23-19(16-8-4-2-5-9-16)15-21(30-27(23)36-25)17-10-6-3-7-11-17/h2-15H,28H2,1H3,(H,29,32). The van der Waals surface area contributed by atoms with Gasteiger partial charge in [0.25, 0.3) is 11.6 Å². The number of nitro groups is 1. The number of methoxy groups -OCH3 is 1. The van der Waals surface area contributed by atoms with Crippen molar-refractivity contribution in [2.24, 2.45) is 0 Å². The van der Waals surface area contributed by atoms with Crippen molar-refractivity contribution < 1.29 is 14.5 Å². The van der Waals surface area contributed by atoms with E-state index >= 15 is 0 Å². The number of pyridine rings is 1. The Balaban J connectivity index is 1.62. The van der Waals surface area contributed by atoms with Crippen molar-refractivity contribution in [2.45, 2.75) is 0 Å². The summed E-state index contributed by atoms with van der Waals surface area (Å²) in [5.41, 5.74) is 10.6. The van der Waals surface area contributed by atoms with E-state index in [1.54, 1.807) is 0 Å². The maximum absolute atomic E-state index is 13.3. The van der Waals surface area contributed by atoms with Crippen molar-refractivity contribution in [2.75, 3.05) is 18.2 Å². The number of rotatable bonds is 6. The van der Waals surface area contributed by atoms with Gasteiger partial charge in [-0.3, -0.25) is 14.9 Å². The topological polar surface area (TPSA) is 120 Å². The lowest BCUT2D eigenvalue weighted by Crippen LogP contribution is -2.13. The first kappa shape index (κ1) is 23.0. The number of fused-ring (bicyclic) bond motifs is 1. The van der Waals surface area contributed by atoms with Gasteiger partial charge in [0, 0.05) is 17.0 Å². The molecule has 0 unspecified atom stereocenters. The molecule has 8 nitrogen and oxygen atoms in total. The molecule has 3 N–H and O–H groups in total. The Kier molecular flexibility index (Phi) is 6.05. The summed E-state index contributed by atoms with van der Waals surface area (Å²) in [6.45, 7) is 0. The van der Waals surface area contributed by atoms with Crippen molar-refractivity contribution in [1.29, 1.82) is 0 Å². The predicted octanol–water partition coefficient (Wildman–Crippen LogP) is 6.38. The zero-order valence-corrected chi connectivity index (χ0v) is 19.9. The van der Waals surface area contributed by atoms with Gasteiger partial charge in [-0.25, -0.2) is 4.98 Å². The highest BCUT2D eigenvalue weighted by Crippen LogP contribution is 2.42. The van der Waals surface area contributed by atoms with Gasteiger partial charge in [0.1, 0.15) is 15.5 Å². The number of nitrogen functional groups attached to an aromatic ring is 1. The Hall–Kier alpha value is -4.76. The number of non-ortho nitro benzene ring substituents is 1. The Bertz CT molecular complexity index is 1600. The summed E-state index contributed by atoms with van der Waals surface area (Å²) < 4.78 is 5.24. The Morgan fingerprint density at radius 2 is 1.67 bits per heavy atom. The van der Waals surface area contributed by atoms with Crippen LogP contribution < -0.4 is 15.8 Å². The minimum absolute atomic E-state index is 0.142. The SMILES string of the molecule is COc1cc([N+](=O)[O-])ccc1NC(=O)c1sc2nc(-c3ccccc3)cc(-c3ccccc3)c2c1N. The molecule has 178 valence electrons. The largest absolute Gasteiger partial charge is 0.494 e. The highest BCUT2D eigenvalue weighted by molar-refractivity contribution is 7.21. The number of nitro benzene ring substituents is 1. The molecule has 3 aromatic carbocycles. The summed E-state index contributed by atoms with van der Waals surface area (Å²) in [6.07, 6.45) is 0. The van der Waals surface area contributed by atoms with E-state index in [0.29, 0.717) is 26.5 Å². The van der Waals surface area contributed by atoms with Crippen molar-refractivity contribution in [1.82, 2.24) is 4.98 Å². The van der Waals surface area contributed by atoms with E-state index in [1.807, 2.05) is 66.7 Å². The first-order valence-corrected chi connectivity index (χ1v) is 11.8. The van der Waals surface area contributed by atoms with E-state index in [1.165, 1.54) is 36.6 Å². The van der Waals surface area contributed by atoms with Crippen LogP contribution in [-0.4, -0.2) is 22.9 Å². The lowest BCUT2D eigenvalue weighted by molar-refractivity contribution is -0.384. The van der Waals surface area contributed by atoms with E-state index in [0.717, 1.165) is 22.4 Å². The minimum atomic E-state index is -0.529. The maximum Gasteiger partial charge on any atom is 0.273 e. The van der Waals surface area contributed by atoms with E-state index in [4.69, 9.17) is 15.5 Å². The Morgan fingerprint density at radius 3 is 2.31 bits per heavy atom. The Labute approximate surface area is 210 Å². The number of amides is 1. The van der Waals surface area contributed by atoms with Gasteiger partial charge in [-0.05, 0) is 23.3 Å². The highest BCUT2D eigenvalue weighted by atomic mass is 32.1. The molecule has 5 aromatic rings. The number of nitrogens with two attached hydrogens (primary N) is 1. The number of carbonyl (C=O) groups is 1. The van der Waals surface area contributed by atoms with Gasteiger partial charge < -0.3 is 15.8 Å². The molecule has 2 aromatic heterocycles.